The van der Waals surface area contributed by atoms with Crippen LogP contribution in [0.3, 0.4) is 0 Å². The predicted molar refractivity (Wildman–Crippen MR) is 112 cm³/mol. The molecular weight excluding hydrogens is 366 g/mol. The van der Waals surface area contributed by atoms with Crippen molar-refractivity contribution in [3.05, 3.63) is 75.8 Å². The van der Waals surface area contributed by atoms with Crippen LogP contribution in [0, 0.1) is 0 Å². The van der Waals surface area contributed by atoms with E-state index in [9.17, 15) is 9.59 Å². The summed E-state index contributed by atoms with van der Waals surface area (Å²) in [6.45, 7) is 3.52. The third-order valence-corrected chi connectivity index (χ3v) is 5.35. The van der Waals surface area contributed by atoms with Crippen molar-refractivity contribution < 1.29 is 9.53 Å². The molecule has 4 rings (SSSR count). The predicted octanol–water partition coefficient (Wildman–Crippen LogP) is 3.31. The molecule has 2 aromatic carbocycles. The number of nitrogens with one attached hydrogen (secondary N) is 1. The van der Waals surface area contributed by atoms with Gasteiger partial charge in [0, 0.05) is 18.7 Å². The summed E-state index contributed by atoms with van der Waals surface area (Å²) >= 11 is 0. The number of aryl methyl sites for hydroxylation is 1. The summed E-state index contributed by atoms with van der Waals surface area (Å²) in [6, 6.07) is 14.9. The second-order valence-electron chi connectivity index (χ2n) is 7.40. The summed E-state index contributed by atoms with van der Waals surface area (Å²) in [6.07, 6.45) is 2.88. The number of amides is 1. The minimum atomic E-state index is -0.192. The average molecular weight is 391 g/mol. The first kappa shape index (κ1) is 19.3. The zero-order valence-corrected chi connectivity index (χ0v) is 16.6. The zero-order valence-electron chi connectivity index (χ0n) is 16.6. The van der Waals surface area contributed by atoms with Crippen LogP contribution in [0.1, 0.15) is 41.5 Å². The number of para-hydroxylation sites is 1. The molecule has 1 saturated heterocycles. The summed E-state index contributed by atoms with van der Waals surface area (Å²) in [5, 5.41) is 0.545. The number of hydrogen-bond donors (Lipinski definition) is 1. The molecule has 29 heavy (non-hydrogen) atoms. The molecule has 150 valence electrons. The fourth-order valence-corrected chi connectivity index (χ4v) is 3.71. The van der Waals surface area contributed by atoms with E-state index >= 15 is 0 Å². The highest BCUT2D eigenvalue weighted by molar-refractivity contribution is 5.94. The van der Waals surface area contributed by atoms with Gasteiger partial charge in [-0.25, -0.2) is 4.98 Å². The van der Waals surface area contributed by atoms with Crippen LogP contribution in [-0.2, 0) is 17.7 Å². The van der Waals surface area contributed by atoms with Gasteiger partial charge in [0.15, 0.2) is 0 Å². The van der Waals surface area contributed by atoms with Gasteiger partial charge in [-0.05, 0) is 49.1 Å². The van der Waals surface area contributed by atoms with Gasteiger partial charge in [0.2, 0.25) is 0 Å². The maximum absolute atomic E-state index is 13.2. The fourth-order valence-electron chi connectivity index (χ4n) is 3.71. The van der Waals surface area contributed by atoms with E-state index < -0.39 is 0 Å². The number of rotatable bonds is 6. The standard InChI is InChI=1S/C23H25N3O3/c1-2-16-9-11-17(12-10-16)23(28)26(14-18-6-5-13-29-18)15-21-24-20-8-4-3-7-19(20)22(27)25-21/h3-4,7-12,18H,2,5-6,13-15H2,1H3,(H,24,25,27)/t18-/m1/s1. The van der Waals surface area contributed by atoms with Crippen molar-refractivity contribution in [3.63, 3.8) is 0 Å². The summed E-state index contributed by atoms with van der Waals surface area (Å²) < 4.78 is 5.75. The first-order chi connectivity index (χ1) is 14.1. The lowest BCUT2D eigenvalue weighted by Crippen LogP contribution is -2.37. The Labute approximate surface area is 169 Å². The van der Waals surface area contributed by atoms with E-state index in [0.29, 0.717) is 28.8 Å². The molecule has 1 aliphatic heterocycles. The molecule has 3 aromatic rings. The first-order valence-electron chi connectivity index (χ1n) is 10.1. The number of aromatic nitrogens is 2. The van der Waals surface area contributed by atoms with Crippen LogP contribution in [0.25, 0.3) is 10.9 Å². The summed E-state index contributed by atoms with van der Waals surface area (Å²) in [5.74, 6) is 0.393. The number of carbonyl (C=O) groups is 1. The SMILES string of the molecule is CCc1ccc(C(=O)N(Cc2nc3ccccc3c(=O)[nH]2)C[C@H]2CCCO2)cc1. The molecular formula is C23H25N3O3. The van der Waals surface area contributed by atoms with Gasteiger partial charge < -0.3 is 14.6 Å². The molecule has 0 bridgehead atoms. The lowest BCUT2D eigenvalue weighted by atomic mass is 10.1. The Morgan fingerprint density at radius 3 is 2.72 bits per heavy atom. The molecule has 6 nitrogen and oxygen atoms in total. The monoisotopic (exact) mass is 391 g/mol. The second-order valence-corrected chi connectivity index (χ2v) is 7.40. The number of aromatic amines is 1. The van der Waals surface area contributed by atoms with Crippen LogP contribution in [0.15, 0.2) is 53.3 Å². The van der Waals surface area contributed by atoms with Crippen LogP contribution >= 0.6 is 0 Å². The molecule has 6 heteroatoms. The average Bonchev–Trinajstić information content (AvgIpc) is 3.26. The van der Waals surface area contributed by atoms with Gasteiger partial charge in [0.25, 0.3) is 11.5 Å². The molecule has 1 aliphatic rings. The van der Waals surface area contributed by atoms with Gasteiger partial charge in [-0.3, -0.25) is 9.59 Å². The molecule has 2 heterocycles. The summed E-state index contributed by atoms with van der Waals surface area (Å²) in [5.41, 5.74) is 2.25. The third-order valence-electron chi connectivity index (χ3n) is 5.35. The topological polar surface area (TPSA) is 75.3 Å². The normalized spacial score (nSPS) is 16.2. The maximum Gasteiger partial charge on any atom is 0.258 e. The van der Waals surface area contributed by atoms with Crippen LogP contribution < -0.4 is 5.56 Å². The minimum Gasteiger partial charge on any atom is -0.376 e. The van der Waals surface area contributed by atoms with Crippen LogP contribution in [0.5, 0.6) is 0 Å². The minimum absolute atomic E-state index is 0.0149. The van der Waals surface area contributed by atoms with Crippen molar-refractivity contribution in [2.45, 2.75) is 38.8 Å². The molecule has 0 unspecified atom stereocenters. The smallest absolute Gasteiger partial charge is 0.258 e. The number of fused-ring (bicyclic) bond motifs is 1. The number of nitrogens with zero attached hydrogens (tertiary/aromatic N) is 2. The van der Waals surface area contributed by atoms with Crippen molar-refractivity contribution in [1.29, 1.82) is 0 Å². The van der Waals surface area contributed by atoms with Gasteiger partial charge in [0.1, 0.15) is 5.82 Å². The van der Waals surface area contributed by atoms with E-state index in [1.165, 1.54) is 5.56 Å². The van der Waals surface area contributed by atoms with Gasteiger partial charge in [-0.15, -0.1) is 0 Å². The molecule has 0 saturated carbocycles. The van der Waals surface area contributed by atoms with Crippen LogP contribution in [-0.4, -0.2) is 40.0 Å². The highest BCUT2D eigenvalue weighted by atomic mass is 16.5. The van der Waals surface area contributed by atoms with Crippen molar-refractivity contribution in [3.8, 4) is 0 Å². The van der Waals surface area contributed by atoms with E-state index in [0.717, 1.165) is 25.9 Å². The maximum atomic E-state index is 13.2. The van der Waals surface area contributed by atoms with Gasteiger partial charge >= 0.3 is 0 Å². The number of ether oxygens (including phenoxy) is 1. The van der Waals surface area contributed by atoms with Crippen LogP contribution in [0.4, 0.5) is 0 Å². The molecule has 1 fully saturated rings. The molecule has 1 aromatic heterocycles. The Balaban J connectivity index is 1.62. The van der Waals surface area contributed by atoms with Crippen molar-refractivity contribution >= 4 is 16.8 Å². The Morgan fingerprint density at radius 1 is 1.21 bits per heavy atom. The zero-order chi connectivity index (χ0) is 20.2. The molecule has 0 aliphatic carbocycles. The highest BCUT2D eigenvalue weighted by Crippen LogP contribution is 2.17. The quantitative estimate of drug-likeness (QED) is 0.700. The Bertz CT molecular complexity index is 1050. The van der Waals surface area contributed by atoms with E-state index in [1.807, 2.05) is 42.5 Å². The molecule has 1 N–H and O–H groups in total. The van der Waals surface area contributed by atoms with Gasteiger partial charge in [0.05, 0.1) is 23.6 Å². The first-order valence-corrected chi connectivity index (χ1v) is 10.1. The van der Waals surface area contributed by atoms with E-state index in [2.05, 4.69) is 16.9 Å². The van der Waals surface area contributed by atoms with E-state index in [1.54, 1.807) is 11.0 Å². The molecule has 0 radical (unpaired) electrons. The van der Waals surface area contributed by atoms with Gasteiger partial charge in [-0.1, -0.05) is 31.2 Å². The number of carbonyl (C=O) groups excluding carboxylic acids is 1. The van der Waals surface area contributed by atoms with Crippen molar-refractivity contribution in [1.82, 2.24) is 14.9 Å². The Kier molecular flexibility index (Phi) is 5.71. The molecule has 0 spiro atoms. The fraction of sp³-hybridized carbons (Fsp3) is 0.348. The summed E-state index contributed by atoms with van der Waals surface area (Å²) in [7, 11) is 0. The lowest BCUT2D eigenvalue weighted by Gasteiger charge is -2.25. The Morgan fingerprint density at radius 2 is 2.00 bits per heavy atom. The van der Waals surface area contributed by atoms with E-state index in [4.69, 9.17) is 4.74 Å². The van der Waals surface area contributed by atoms with E-state index in [-0.39, 0.29) is 24.1 Å². The van der Waals surface area contributed by atoms with Crippen LogP contribution in [0.2, 0.25) is 0 Å². The van der Waals surface area contributed by atoms with Gasteiger partial charge in [-0.2, -0.15) is 0 Å². The Hall–Kier alpha value is -2.99. The summed E-state index contributed by atoms with van der Waals surface area (Å²) in [4.78, 5) is 34.8. The van der Waals surface area contributed by atoms with Crippen molar-refractivity contribution in [2.24, 2.45) is 0 Å². The molecule has 1 atom stereocenters. The number of hydrogen-bond acceptors (Lipinski definition) is 4. The largest absolute Gasteiger partial charge is 0.376 e. The number of benzene rings is 2. The number of H-pyrrole nitrogens is 1. The highest BCUT2D eigenvalue weighted by Gasteiger charge is 2.24. The van der Waals surface area contributed by atoms with Crippen molar-refractivity contribution in [2.75, 3.05) is 13.2 Å². The lowest BCUT2D eigenvalue weighted by molar-refractivity contribution is 0.0501. The second kappa shape index (κ2) is 8.57. The third kappa shape index (κ3) is 4.38. The molecule has 1 amide bonds.